The maximum Gasteiger partial charge on any atom is 0.191 e. The molecule has 0 radical (unpaired) electrons. The summed E-state index contributed by atoms with van der Waals surface area (Å²) in [4.78, 5) is 6.96. The summed E-state index contributed by atoms with van der Waals surface area (Å²) in [6.45, 7) is 13.4. The largest absolute Gasteiger partial charge is 0.373 e. The molecule has 0 bridgehead atoms. The Morgan fingerprint density at radius 2 is 1.96 bits per heavy atom. The Labute approximate surface area is 148 Å². The molecule has 0 aromatic carbocycles. The zero-order chi connectivity index (χ0) is 17.4. The first-order valence-electron chi connectivity index (χ1n) is 9.81. The van der Waals surface area contributed by atoms with Crippen LogP contribution < -0.4 is 10.6 Å². The minimum Gasteiger partial charge on any atom is -0.373 e. The first-order chi connectivity index (χ1) is 11.5. The molecule has 0 spiro atoms. The van der Waals surface area contributed by atoms with Gasteiger partial charge in [-0.3, -0.25) is 4.99 Å². The van der Waals surface area contributed by atoms with Gasteiger partial charge in [-0.05, 0) is 57.4 Å². The molecule has 2 fully saturated rings. The van der Waals surface area contributed by atoms with Gasteiger partial charge in [0, 0.05) is 39.8 Å². The van der Waals surface area contributed by atoms with Crippen molar-refractivity contribution in [1.82, 2.24) is 15.5 Å². The molecule has 2 heterocycles. The first kappa shape index (κ1) is 19.5. The van der Waals surface area contributed by atoms with Crippen LogP contribution in [0.2, 0.25) is 0 Å². The molecule has 0 saturated carbocycles. The van der Waals surface area contributed by atoms with Crippen molar-refractivity contribution in [3.05, 3.63) is 0 Å². The predicted octanol–water partition coefficient (Wildman–Crippen LogP) is 2.48. The number of rotatable bonds is 7. The highest BCUT2D eigenvalue weighted by atomic mass is 16.5. The number of unbranched alkanes of at least 4 members (excludes halogenated alkanes) is 1. The Morgan fingerprint density at radius 3 is 2.58 bits per heavy atom. The van der Waals surface area contributed by atoms with Crippen LogP contribution in [0.25, 0.3) is 0 Å². The molecular formula is C19H38N4O. The lowest BCUT2D eigenvalue weighted by Gasteiger charge is -2.35. The molecule has 5 heteroatoms. The minimum atomic E-state index is -0.0285. The fourth-order valence-corrected chi connectivity index (χ4v) is 4.11. The van der Waals surface area contributed by atoms with Crippen molar-refractivity contribution in [3.63, 3.8) is 0 Å². The van der Waals surface area contributed by atoms with Crippen molar-refractivity contribution in [2.75, 3.05) is 46.4 Å². The molecule has 2 N–H and O–H groups in total. The molecule has 3 atom stereocenters. The third-order valence-corrected chi connectivity index (χ3v) is 5.29. The van der Waals surface area contributed by atoms with E-state index >= 15 is 0 Å². The van der Waals surface area contributed by atoms with E-state index in [1.54, 1.807) is 0 Å². The summed E-state index contributed by atoms with van der Waals surface area (Å²) >= 11 is 0. The molecule has 0 amide bonds. The lowest BCUT2D eigenvalue weighted by atomic mass is 9.92. The summed E-state index contributed by atoms with van der Waals surface area (Å²) in [6, 6.07) is 0. The predicted molar refractivity (Wildman–Crippen MR) is 102 cm³/mol. The molecule has 2 aliphatic heterocycles. The summed E-state index contributed by atoms with van der Waals surface area (Å²) < 4.78 is 5.81. The fraction of sp³-hybridized carbons (Fsp3) is 0.947. The second kappa shape index (κ2) is 9.62. The van der Waals surface area contributed by atoms with Gasteiger partial charge in [-0.2, -0.15) is 0 Å². The van der Waals surface area contributed by atoms with Crippen molar-refractivity contribution in [2.45, 2.75) is 58.5 Å². The van der Waals surface area contributed by atoms with E-state index in [1.807, 2.05) is 7.05 Å². The Hall–Kier alpha value is -0.810. The van der Waals surface area contributed by atoms with Crippen LogP contribution in [0.4, 0.5) is 0 Å². The molecule has 2 saturated heterocycles. The molecule has 0 aromatic heterocycles. The van der Waals surface area contributed by atoms with Crippen molar-refractivity contribution < 1.29 is 4.74 Å². The van der Waals surface area contributed by atoms with E-state index in [0.29, 0.717) is 0 Å². The molecule has 2 aliphatic rings. The lowest BCUT2D eigenvalue weighted by Crippen LogP contribution is -2.45. The SMILES string of the molecule is CN=C(NCCCCN1CC(C)CC(C)C1)NCC1(C)CCCO1. The monoisotopic (exact) mass is 338 g/mol. The third kappa shape index (κ3) is 6.60. The van der Waals surface area contributed by atoms with E-state index in [2.05, 4.69) is 41.3 Å². The first-order valence-corrected chi connectivity index (χ1v) is 9.81. The van der Waals surface area contributed by atoms with Crippen LogP contribution in [-0.2, 0) is 4.74 Å². The third-order valence-electron chi connectivity index (χ3n) is 5.29. The quantitative estimate of drug-likeness (QED) is 0.425. The van der Waals surface area contributed by atoms with Gasteiger partial charge in [-0.25, -0.2) is 0 Å². The molecule has 3 unspecified atom stereocenters. The van der Waals surface area contributed by atoms with E-state index in [0.717, 1.165) is 50.3 Å². The smallest absolute Gasteiger partial charge is 0.191 e. The van der Waals surface area contributed by atoms with Crippen molar-refractivity contribution in [1.29, 1.82) is 0 Å². The van der Waals surface area contributed by atoms with Gasteiger partial charge in [0.1, 0.15) is 0 Å². The maximum atomic E-state index is 5.81. The number of aliphatic imine (C=N–C) groups is 1. The van der Waals surface area contributed by atoms with Gasteiger partial charge in [0.25, 0.3) is 0 Å². The normalized spacial score (nSPS) is 32.1. The van der Waals surface area contributed by atoms with Crippen LogP contribution >= 0.6 is 0 Å². The molecule has 2 rings (SSSR count). The van der Waals surface area contributed by atoms with Crippen molar-refractivity contribution >= 4 is 5.96 Å². The van der Waals surface area contributed by atoms with Crippen molar-refractivity contribution in [2.24, 2.45) is 16.8 Å². The fourth-order valence-electron chi connectivity index (χ4n) is 4.11. The standard InChI is InChI=1S/C19H38N4O/c1-16-12-17(2)14-23(13-16)10-6-5-9-21-18(20-4)22-15-19(3)8-7-11-24-19/h16-17H,5-15H2,1-4H3,(H2,20,21,22). The van der Waals surface area contributed by atoms with Crippen molar-refractivity contribution in [3.8, 4) is 0 Å². The lowest BCUT2D eigenvalue weighted by molar-refractivity contribution is 0.0243. The van der Waals surface area contributed by atoms with Gasteiger partial charge in [0.15, 0.2) is 5.96 Å². The van der Waals surface area contributed by atoms with Gasteiger partial charge < -0.3 is 20.3 Å². The maximum absolute atomic E-state index is 5.81. The van der Waals surface area contributed by atoms with Gasteiger partial charge >= 0.3 is 0 Å². The highest BCUT2D eigenvalue weighted by Crippen LogP contribution is 2.23. The Kier molecular flexibility index (Phi) is 7.82. The Balaban J connectivity index is 1.55. The summed E-state index contributed by atoms with van der Waals surface area (Å²) in [5, 5.41) is 6.84. The topological polar surface area (TPSA) is 48.9 Å². The van der Waals surface area contributed by atoms with E-state index < -0.39 is 0 Å². The minimum absolute atomic E-state index is 0.0285. The molecule has 0 aromatic rings. The van der Waals surface area contributed by atoms with Gasteiger partial charge in [-0.1, -0.05) is 13.8 Å². The number of nitrogens with one attached hydrogen (secondary N) is 2. The second-order valence-electron chi connectivity index (χ2n) is 8.17. The summed E-state index contributed by atoms with van der Waals surface area (Å²) in [6.07, 6.45) is 6.13. The number of nitrogens with zero attached hydrogens (tertiary/aromatic N) is 2. The van der Waals surface area contributed by atoms with Crippen LogP contribution in [-0.4, -0.2) is 62.8 Å². The number of hydrogen-bond donors (Lipinski definition) is 2. The van der Waals surface area contributed by atoms with Crippen LogP contribution in [0, 0.1) is 11.8 Å². The highest BCUT2D eigenvalue weighted by Gasteiger charge is 2.29. The van der Waals surface area contributed by atoms with E-state index in [1.165, 1.54) is 38.9 Å². The molecule has 0 aliphatic carbocycles. The van der Waals surface area contributed by atoms with Gasteiger partial charge in [-0.15, -0.1) is 0 Å². The van der Waals surface area contributed by atoms with E-state index in [-0.39, 0.29) is 5.60 Å². The van der Waals surface area contributed by atoms with Crippen LogP contribution in [0.3, 0.4) is 0 Å². The molecular weight excluding hydrogens is 300 g/mol. The Morgan fingerprint density at radius 1 is 1.21 bits per heavy atom. The van der Waals surface area contributed by atoms with Crippen LogP contribution in [0.5, 0.6) is 0 Å². The number of piperidine rings is 1. The summed E-state index contributed by atoms with van der Waals surface area (Å²) in [5.41, 5.74) is -0.0285. The second-order valence-corrected chi connectivity index (χ2v) is 8.17. The van der Waals surface area contributed by atoms with E-state index in [9.17, 15) is 0 Å². The average molecular weight is 339 g/mol. The molecule has 24 heavy (non-hydrogen) atoms. The number of likely N-dealkylation sites (tertiary alicyclic amines) is 1. The Bertz CT molecular complexity index is 383. The molecule has 5 nitrogen and oxygen atoms in total. The van der Waals surface area contributed by atoms with Gasteiger partial charge in [0.05, 0.1) is 5.60 Å². The number of guanidine groups is 1. The highest BCUT2D eigenvalue weighted by molar-refractivity contribution is 5.79. The summed E-state index contributed by atoms with van der Waals surface area (Å²) in [7, 11) is 1.84. The zero-order valence-corrected chi connectivity index (χ0v) is 16.2. The molecule has 140 valence electrons. The zero-order valence-electron chi connectivity index (χ0n) is 16.2. The van der Waals surface area contributed by atoms with Gasteiger partial charge in [0.2, 0.25) is 0 Å². The van der Waals surface area contributed by atoms with E-state index in [4.69, 9.17) is 4.74 Å². The average Bonchev–Trinajstić information content (AvgIpc) is 2.96. The van der Waals surface area contributed by atoms with Crippen LogP contribution in [0.1, 0.15) is 52.9 Å². The summed E-state index contributed by atoms with van der Waals surface area (Å²) in [5.74, 6) is 2.61. The number of ether oxygens (including phenoxy) is 1. The van der Waals surface area contributed by atoms with Crippen LogP contribution in [0.15, 0.2) is 4.99 Å². The number of hydrogen-bond acceptors (Lipinski definition) is 3.